The van der Waals surface area contributed by atoms with E-state index < -0.39 is 0 Å². The number of para-hydroxylation sites is 1. The molecule has 2 aromatic rings. The highest BCUT2D eigenvalue weighted by Crippen LogP contribution is 2.16. The van der Waals surface area contributed by atoms with Crippen molar-refractivity contribution in [1.82, 2.24) is 14.9 Å². The summed E-state index contributed by atoms with van der Waals surface area (Å²) < 4.78 is 0. The van der Waals surface area contributed by atoms with Gasteiger partial charge in [-0.15, -0.1) is 0 Å². The van der Waals surface area contributed by atoms with E-state index in [1.54, 1.807) is 6.20 Å². The van der Waals surface area contributed by atoms with Gasteiger partial charge in [0.2, 0.25) is 0 Å². The van der Waals surface area contributed by atoms with Gasteiger partial charge >= 0.3 is 0 Å². The lowest BCUT2D eigenvalue weighted by Gasteiger charge is -2.14. The predicted octanol–water partition coefficient (Wildman–Crippen LogP) is 2.08. The van der Waals surface area contributed by atoms with E-state index in [1.807, 2.05) is 12.3 Å². The second-order valence-corrected chi connectivity index (χ2v) is 4.28. The fourth-order valence-corrected chi connectivity index (χ4v) is 1.74. The van der Waals surface area contributed by atoms with E-state index in [4.69, 9.17) is 0 Å². The first kappa shape index (κ1) is 11.7. The summed E-state index contributed by atoms with van der Waals surface area (Å²) in [5.41, 5.74) is 2.46. The number of benzene rings is 1. The molecule has 0 aliphatic heterocycles. The Balaban J connectivity index is 2.04. The molecule has 1 aromatic heterocycles. The van der Waals surface area contributed by atoms with Crippen molar-refractivity contribution in [2.75, 3.05) is 19.4 Å². The molecule has 1 heterocycles. The number of nitrogens with one attached hydrogen (secondary N) is 2. The lowest BCUT2D eigenvalue weighted by molar-refractivity contribution is 0.403. The molecule has 17 heavy (non-hydrogen) atoms. The lowest BCUT2D eigenvalue weighted by Crippen LogP contribution is -2.13. The minimum atomic E-state index is 0.720. The Kier molecular flexibility index (Phi) is 3.77. The molecular weight excluding hydrogens is 212 g/mol. The minimum absolute atomic E-state index is 0.720. The van der Waals surface area contributed by atoms with E-state index in [1.165, 1.54) is 5.56 Å². The summed E-state index contributed by atoms with van der Waals surface area (Å²) in [6.45, 7) is 1.65. The Labute approximate surface area is 102 Å². The van der Waals surface area contributed by atoms with Gasteiger partial charge in [-0.2, -0.15) is 0 Å². The van der Waals surface area contributed by atoms with Crippen molar-refractivity contribution in [3.05, 3.63) is 48.0 Å². The zero-order valence-electron chi connectivity index (χ0n) is 10.3. The summed E-state index contributed by atoms with van der Waals surface area (Å²) in [6.07, 6.45) is 3.60. The standard InChI is InChI=1S/C13H18N4/c1-17(2)10-11-5-3-4-6-12(11)16-9-13-14-7-8-15-13/h3-8,16H,9-10H2,1-2H3,(H,14,15). The van der Waals surface area contributed by atoms with Gasteiger partial charge in [0.25, 0.3) is 0 Å². The van der Waals surface area contributed by atoms with Gasteiger partial charge in [0.1, 0.15) is 5.82 Å². The highest BCUT2D eigenvalue weighted by molar-refractivity contribution is 5.51. The molecule has 2 N–H and O–H groups in total. The zero-order chi connectivity index (χ0) is 12.1. The molecule has 0 aliphatic rings. The smallest absolute Gasteiger partial charge is 0.125 e. The van der Waals surface area contributed by atoms with E-state index in [-0.39, 0.29) is 0 Å². The third kappa shape index (κ3) is 3.32. The number of aromatic amines is 1. The molecule has 0 saturated carbocycles. The van der Waals surface area contributed by atoms with Crippen LogP contribution in [-0.2, 0) is 13.1 Å². The molecule has 0 aliphatic carbocycles. The Morgan fingerprint density at radius 2 is 2.12 bits per heavy atom. The fourth-order valence-electron chi connectivity index (χ4n) is 1.74. The molecule has 4 nitrogen and oxygen atoms in total. The highest BCUT2D eigenvalue weighted by Gasteiger charge is 2.03. The molecule has 1 aromatic carbocycles. The molecule has 0 amide bonds. The SMILES string of the molecule is CN(C)Cc1ccccc1NCc1ncc[nH]1. The van der Waals surface area contributed by atoms with Gasteiger partial charge in [0.05, 0.1) is 6.54 Å². The second-order valence-electron chi connectivity index (χ2n) is 4.28. The first-order valence-corrected chi connectivity index (χ1v) is 5.70. The maximum Gasteiger partial charge on any atom is 0.125 e. The molecule has 0 saturated heterocycles. The van der Waals surface area contributed by atoms with Crippen LogP contribution < -0.4 is 5.32 Å². The molecule has 2 rings (SSSR count). The largest absolute Gasteiger partial charge is 0.378 e. The number of aromatic nitrogens is 2. The van der Waals surface area contributed by atoms with Gasteiger partial charge in [0, 0.05) is 24.6 Å². The quantitative estimate of drug-likeness (QED) is 0.826. The second kappa shape index (κ2) is 5.50. The Bertz CT molecular complexity index is 448. The molecule has 0 spiro atoms. The van der Waals surface area contributed by atoms with Crippen LogP contribution in [0.5, 0.6) is 0 Å². The number of anilines is 1. The summed E-state index contributed by atoms with van der Waals surface area (Å²) >= 11 is 0. The van der Waals surface area contributed by atoms with E-state index in [2.05, 4.69) is 52.5 Å². The number of H-pyrrole nitrogens is 1. The van der Waals surface area contributed by atoms with Crippen molar-refractivity contribution in [2.45, 2.75) is 13.1 Å². The third-order valence-corrected chi connectivity index (χ3v) is 2.51. The number of hydrogen-bond donors (Lipinski definition) is 2. The Hall–Kier alpha value is -1.81. The Morgan fingerprint density at radius 1 is 1.29 bits per heavy atom. The topological polar surface area (TPSA) is 44.0 Å². The van der Waals surface area contributed by atoms with Crippen molar-refractivity contribution < 1.29 is 0 Å². The van der Waals surface area contributed by atoms with Crippen LogP contribution in [0.2, 0.25) is 0 Å². The molecule has 0 radical (unpaired) electrons. The molecular formula is C13H18N4. The molecule has 0 atom stereocenters. The molecule has 0 bridgehead atoms. The third-order valence-electron chi connectivity index (χ3n) is 2.51. The van der Waals surface area contributed by atoms with Crippen molar-refractivity contribution in [1.29, 1.82) is 0 Å². The maximum absolute atomic E-state index is 4.19. The lowest BCUT2D eigenvalue weighted by atomic mass is 10.1. The van der Waals surface area contributed by atoms with Gasteiger partial charge in [-0.3, -0.25) is 0 Å². The number of nitrogens with zero attached hydrogens (tertiary/aromatic N) is 2. The highest BCUT2D eigenvalue weighted by atomic mass is 15.1. The monoisotopic (exact) mass is 230 g/mol. The van der Waals surface area contributed by atoms with Gasteiger partial charge < -0.3 is 15.2 Å². The van der Waals surface area contributed by atoms with Crippen LogP contribution in [0.1, 0.15) is 11.4 Å². The number of imidazole rings is 1. The normalized spacial score (nSPS) is 10.8. The zero-order valence-corrected chi connectivity index (χ0v) is 10.3. The van der Waals surface area contributed by atoms with Crippen molar-refractivity contribution in [3.63, 3.8) is 0 Å². The number of hydrogen-bond acceptors (Lipinski definition) is 3. The van der Waals surface area contributed by atoms with Crippen LogP contribution in [0.15, 0.2) is 36.7 Å². The molecule has 90 valence electrons. The first-order valence-electron chi connectivity index (χ1n) is 5.70. The van der Waals surface area contributed by atoms with Gasteiger partial charge in [-0.1, -0.05) is 18.2 Å². The predicted molar refractivity (Wildman–Crippen MR) is 69.7 cm³/mol. The summed E-state index contributed by atoms with van der Waals surface area (Å²) in [5, 5.41) is 3.40. The van der Waals surface area contributed by atoms with Crippen LogP contribution in [-0.4, -0.2) is 29.0 Å². The van der Waals surface area contributed by atoms with Crippen LogP contribution >= 0.6 is 0 Å². The van der Waals surface area contributed by atoms with E-state index in [9.17, 15) is 0 Å². The van der Waals surface area contributed by atoms with Crippen LogP contribution in [0.4, 0.5) is 5.69 Å². The first-order chi connectivity index (χ1) is 8.25. The summed E-state index contributed by atoms with van der Waals surface area (Å²) in [5.74, 6) is 0.949. The molecule has 0 unspecified atom stereocenters. The van der Waals surface area contributed by atoms with E-state index in [0.29, 0.717) is 0 Å². The van der Waals surface area contributed by atoms with Crippen LogP contribution in [0.25, 0.3) is 0 Å². The summed E-state index contributed by atoms with van der Waals surface area (Å²) in [7, 11) is 4.15. The Morgan fingerprint density at radius 3 is 2.82 bits per heavy atom. The average Bonchev–Trinajstić information content (AvgIpc) is 2.80. The van der Waals surface area contributed by atoms with Gasteiger partial charge in [-0.05, 0) is 25.7 Å². The molecule has 0 fully saturated rings. The van der Waals surface area contributed by atoms with Crippen LogP contribution in [0.3, 0.4) is 0 Å². The van der Waals surface area contributed by atoms with E-state index >= 15 is 0 Å². The van der Waals surface area contributed by atoms with Crippen LogP contribution in [0, 0.1) is 0 Å². The summed E-state index contributed by atoms with van der Waals surface area (Å²) in [6, 6.07) is 8.35. The van der Waals surface area contributed by atoms with Crippen molar-refractivity contribution in [2.24, 2.45) is 0 Å². The summed E-state index contributed by atoms with van der Waals surface area (Å²) in [4.78, 5) is 9.44. The van der Waals surface area contributed by atoms with E-state index in [0.717, 1.165) is 24.6 Å². The van der Waals surface area contributed by atoms with Crippen molar-refractivity contribution >= 4 is 5.69 Å². The fraction of sp³-hybridized carbons (Fsp3) is 0.308. The van der Waals surface area contributed by atoms with Crippen molar-refractivity contribution in [3.8, 4) is 0 Å². The average molecular weight is 230 g/mol. The molecule has 4 heteroatoms. The van der Waals surface area contributed by atoms with Gasteiger partial charge in [0.15, 0.2) is 0 Å². The van der Waals surface area contributed by atoms with Gasteiger partial charge in [-0.25, -0.2) is 4.98 Å². The minimum Gasteiger partial charge on any atom is -0.378 e. The maximum atomic E-state index is 4.19. The number of rotatable bonds is 5.